The van der Waals surface area contributed by atoms with Crippen LogP contribution in [0, 0.1) is 0 Å². The van der Waals surface area contributed by atoms with Gasteiger partial charge < -0.3 is 19.9 Å². The van der Waals surface area contributed by atoms with Crippen molar-refractivity contribution >= 4 is 12.0 Å². The zero-order valence-corrected chi connectivity index (χ0v) is 20.6. The molecule has 2 aromatic carbocycles. The van der Waals surface area contributed by atoms with Crippen molar-refractivity contribution in [3.63, 3.8) is 0 Å². The lowest BCUT2D eigenvalue weighted by atomic mass is 9.98. The molecule has 2 fully saturated rings. The molecule has 0 radical (unpaired) electrons. The van der Waals surface area contributed by atoms with Crippen LogP contribution in [0.4, 0.5) is 5.69 Å². The molecule has 0 aromatic heterocycles. The van der Waals surface area contributed by atoms with E-state index in [1.807, 2.05) is 36.4 Å². The maximum Gasteiger partial charge on any atom is 0.154 e. The van der Waals surface area contributed by atoms with Crippen LogP contribution in [-0.2, 0) is 0 Å². The summed E-state index contributed by atoms with van der Waals surface area (Å²) in [6.07, 6.45) is 11.1. The number of aldehydes is 1. The van der Waals surface area contributed by atoms with Gasteiger partial charge in [-0.25, -0.2) is 0 Å². The predicted octanol–water partition coefficient (Wildman–Crippen LogP) is 5.71. The number of ether oxygens (including phenoxy) is 1. The van der Waals surface area contributed by atoms with E-state index in [4.69, 9.17) is 4.74 Å². The fraction of sp³-hybridized carbons (Fsp3) is 0.552. The minimum absolute atomic E-state index is 0.633. The highest BCUT2D eigenvalue weighted by Gasteiger charge is 2.17. The van der Waals surface area contributed by atoms with Gasteiger partial charge in [-0.1, -0.05) is 49.2 Å². The Morgan fingerprint density at radius 1 is 0.794 bits per heavy atom. The second-order valence-corrected chi connectivity index (χ2v) is 9.67. The van der Waals surface area contributed by atoms with Crippen LogP contribution >= 0.6 is 0 Å². The molecule has 0 unspecified atom stereocenters. The Kier molecular flexibility index (Phi) is 9.83. The number of carbonyl (C=O) groups is 1. The molecule has 2 aromatic rings. The number of piperidine rings is 2. The van der Waals surface area contributed by atoms with Crippen LogP contribution in [0.1, 0.15) is 61.7 Å². The van der Waals surface area contributed by atoms with Gasteiger partial charge in [0, 0.05) is 13.1 Å². The van der Waals surface area contributed by atoms with Gasteiger partial charge >= 0.3 is 0 Å². The Morgan fingerprint density at radius 2 is 1.47 bits per heavy atom. The zero-order chi connectivity index (χ0) is 23.4. The van der Waals surface area contributed by atoms with Crippen molar-refractivity contribution in [1.82, 2.24) is 9.80 Å². The SMILES string of the molecule is O=Cc1c(-c2ccccc2)ccc(NCCN2CCCCC2)c1OCCCCN1CCCCC1. The summed E-state index contributed by atoms with van der Waals surface area (Å²) in [5.74, 6) is 0.702. The normalized spacial score (nSPS) is 17.4. The Labute approximate surface area is 205 Å². The first-order valence-electron chi connectivity index (χ1n) is 13.3. The molecular formula is C29H41N3O2. The zero-order valence-electron chi connectivity index (χ0n) is 20.6. The largest absolute Gasteiger partial charge is 0.491 e. The Bertz CT molecular complexity index is 874. The first-order valence-corrected chi connectivity index (χ1v) is 13.3. The van der Waals surface area contributed by atoms with E-state index in [9.17, 15) is 4.79 Å². The van der Waals surface area contributed by atoms with Crippen LogP contribution in [0.25, 0.3) is 11.1 Å². The van der Waals surface area contributed by atoms with Crippen molar-refractivity contribution in [2.45, 2.75) is 51.4 Å². The molecule has 5 heteroatoms. The predicted molar refractivity (Wildman–Crippen MR) is 141 cm³/mol. The van der Waals surface area contributed by atoms with E-state index in [0.29, 0.717) is 17.9 Å². The fourth-order valence-electron chi connectivity index (χ4n) is 5.21. The number of anilines is 1. The average molecular weight is 464 g/mol. The summed E-state index contributed by atoms with van der Waals surface area (Å²) in [5.41, 5.74) is 3.54. The maximum absolute atomic E-state index is 12.3. The molecule has 0 amide bonds. The van der Waals surface area contributed by atoms with Crippen molar-refractivity contribution in [1.29, 1.82) is 0 Å². The van der Waals surface area contributed by atoms with Crippen LogP contribution in [0.2, 0.25) is 0 Å². The van der Waals surface area contributed by atoms with Crippen LogP contribution in [0.15, 0.2) is 42.5 Å². The summed E-state index contributed by atoms with van der Waals surface area (Å²) >= 11 is 0. The molecule has 2 aliphatic heterocycles. The van der Waals surface area contributed by atoms with Crippen LogP contribution < -0.4 is 10.1 Å². The molecule has 4 rings (SSSR count). The number of hydrogen-bond donors (Lipinski definition) is 1. The van der Waals surface area contributed by atoms with Crippen LogP contribution in [0.5, 0.6) is 5.75 Å². The van der Waals surface area contributed by atoms with Crippen molar-refractivity contribution in [2.75, 3.05) is 57.7 Å². The van der Waals surface area contributed by atoms with Crippen molar-refractivity contribution in [3.8, 4) is 16.9 Å². The highest BCUT2D eigenvalue weighted by molar-refractivity contribution is 5.94. The van der Waals surface area contributed by atoms with E-state index in [-0.39, 0.29) is 0 Å². The fourth-order valence-corrected chi connectivity index (χ4v) is 5.21. The molecule has 1 N–H and O–H groups in total. The van der Waals surface area contributed by atoms with Gasteiger partial charge in [-0.2, -0.15) is 0 Å². The van der Waals surface area contributed by atoms with E-state index in [0.717, 1.165) is 55.6 Å². The lowest BCUT2D eigenvalue weighted by Crippen LogP contribution is -2.33. The maximum atomic E-state index is 12.3. The smallest absolute Gasteiger partial charge is 0.154 e. The average Bonchev–Trinajstić information content (AvgIpc) is 2.90. The summed E-state index contributed by atoms with van der Waals surface area (Å²) in [6, 6.07) is 14.2. The number of rotatable bonds is 12. The number of nitrogens with zero attached hydrogens (tertiary/aromatic N) is 2. The van der Waals surface area contributed by atoms with Gasteiger partial charge in [-0.3, -0.25) is 4.79 Å². The van der Waals surface area contributed by atoms with E-state index in [1.54, 1.807) is 0 Å². The number of unbranched alkanes of at least 4 members (excludes halogenated alkanes) is 1. The van der Waals surface area contributed by atoms with E-state index in [2.05, 4.69) is 21.2 Å². The Morgan fingerprint density at radius 3 is 2.15 bits per heavy atom. The van der Waals surface area contributed by atoms with Crippen molar-refractivity contribution in [3.05, 3.63) is 48.0 Å². The lowest BCUT2D eigenvalue weighted by molar-refractivity contribution is 0.112. The summed E-state index contributed by atoms with van der Waals surface area (Å²) in [5, 5.41) is 3.57. The summed E-state index contributed by atoms with van der Waals surface area (Å²) < 4.78 is 6.33. The molecule has 2 saturated heterocycles. The Hall–Kier alpha value is -2.37. The number of carbonyl (C=O) groups excluding carboxylic acids is 1. The minimum atomic E-state index is 0.633. The summed E-state index contributed by atoms with van der Waals surface area (Å²) in [4.78, 5) is 17.4. The van der Waals surface area contributed by atoms with Crippen LogP contribution in [-0.4, -0.2) is 68.5 Å². The first kappa shape index (κ1) is 24.7. The number of hydrogen-bond acceptors (Lipinski definition) is 5. The van der Waals surface area contributed by atoms with Gasteiger partial charge in [0.25, 0.3) is 0 Å². The van der Waals surface area contributed by atoms with E-state index in [1.165, 1.54) is 64.7 Å². The van der Waals surface area contributed by atoms with Gasteiger partial charge in [-0.15, -0.1) is 0 Å². The van der Waals surface area contributed by atoms with E-state index < -0.39 is 0 Å². The second kappa shape index (κ2) is 13.5. The number of likely N-dealkylation sites (tertiary alicyclic amines) is 2. The molecule has 0 bridgehead atoms. The van der Waals surface area contributed by atoms with Crippen molar-refractivity contribution < 1.29 is 9.53 Å². The molecule has 34 heavy (non-hydrogen) atoms. The molecule has 0 spiro atoms. The Balaban J connectivity index is 1.41. The quantitative estimate of drug-likeness (QED) is 0.323. The van der Waals surface area contributed by atoms with Gasteiger partial charge in [0.1, 0.15) is 0 Å². The molecule has 0 saturated carbocycles. The third-order valence-corrected chi connectivity index (χ3v) is 7.15. The minimum Gasteiger partial charge on any atom is -0.491 e. The monoisotopic (exact) mass is 463 g/mol. The molecule has 0 atom stereocenters. The molecule has 2 aliphatic rings. The highest BCUT2D eigenvalue weighted by atomic mass is 16.5. The first-order chi connectivity index (χ1) is 16.8. The number of benzene rings is 2. The summed E-state index contributed by atoms with van der Waals surface area (Å²) in [6.45, 7) is 8.51. The highest BCUT2D eigenvalue weighted by Crippen LogP contribution is 2.36. The number of nitrogens with one attached hydrogen (secondary N) is 1. The third kappa shape index (κ3) is 7.07. The van der Waals surface area contributed by atoms with Gasteiger partial charge in [-0.05, 0) is 88.4 Å². The summed E-state index contributed by atoms with van der Waals surface area (Å²) in [7, 11) is 0. The van der Waals surface area contributed by atoms with Gasteiger partial charge in [0.05, 0.1) is 17.9 Å². The van der Waals surface area contributed by atoms with E-state index >= 15 is 0 Å². The molecule has 0 aliphatic carbocycles. The topological polar surface area (TPSA) is 44.8 Å². The lowest BCUT2D eigenvalue weighted by Gasteiger charge is -2.27. The molecule has 2 heterocycles. The molecule has 5 nitrogen and oxygen atoms in total. The van der Waals surface area contributed by atoms with Crippen LogP contribution in [0.3, 0.4) is 0 Å². The molecular weight excluding hydrogens is 422 g/mol. The molecule has 184 valence electrons. The van der Waals surface area contributed by atoms with Gasteiger partial charge in [0.15, 0.2) is 12.0 Å². The second-order valence-electron chi connectivity index (χ2n) is 9.67. The van der Waals surface area contributed by atoms with Gasteiger partial charge in [0.2, 0.25) is 0 Å². The standard InChI is InChI=1S/C29H41N3O2/c33-24-27-26(25-12-4-1-5-13-25)14-15-28(30-16-22-32-19-8-3-9-20-32)29(27)34-23-11-10-21-31-17-6-2-7-18-31/h1,4-5,12-15,24,30H,2-3,6-11,16-23H2. The van der Waals surface area contributed by atoms with Crippen molar-refractivity contribution in [2.24, 2.45) is 0 Å². The third-order valence-electron chi connectivity index (χ3n) is 7.15.